The van der Waals surface area contributed by atoms with Gasteiger partial charge in [-0.3, -0.25) is 14.6 Å². The van der Waals surface area contributed by atoms with Crippen LogP contribution in [0.1, 0.15) is 28.8 Å². The third-order valence-corrected chi connectivity index (χ3v) is 6.41. The summed E-state index contributed by atoms with van der Waals surface area (Å²) in [6, 6.07) is 12.4. The van der Waals surface area contributed by atoms with E-state index in [2.05, 4.69) is 20.3 Å². The van der Waals surface area contributed by atoms with Crippen molar-refractivity contribution in [3.8, 4) is 5.75 Å². The number of benzene rings is 1. The van der Waals surface area contributed by atoms with Crippen LogP contribution in [0.4, 0.5) is 5.82 Å². The van der Waals surface area contributed by atoms with Crippen molar-refractivity contribution in [2.75, 3.05) is 25.0 Å². The number of hydrogen-bond donors (Lipinski definition) is 2. The summed E-state index contributed by atoms with van der Waals surface area (Å²) in [6.07, 6.45) is 8.27. The predicted molar refractivity (Wildman–Crippen MR) is 134 cm³/mol. The Morgan fingerprint density at radius 3 is 2.71 bits per heavy atom. The fourth-order valence-electron chi connectivity index (χ4n) is 4.22. The number of carbonyl (C=O) groups excluding carboxylic acids is 2. The van der Waals surface area contributed by atoms with E-state index < -0.39 is 0 Å². The average molecular weight is 490 g/mol. The molecule has 1 aliphatic heterocycles. The van der Waals surface area contributed by atoms with Crippen molar-refractivity contribution in [3.05, 3.63) is 83.4 Å². The molecule has 1 aliphatic rings. The first-order valence-electron chi connectivity index (χ1n) is 11.4. The van der Waals surface area contributed by atoms with Crippen LogP contribution in [0.2, 0.25) is 5.02 Å². The maximum absolute atomic E-state index is 13.2. The number of ketones is 1. The number of piperidine rings is 1. The number of fused-ring (bicyclic) bond motifs is 1. The average Bonchev–Trinajstić information content (AvgIpc) is 3.28. The molecular formula is C26H24ClN5O3. The summed E-state index contributed by atoms with van der Waals surface area (Å²) >= 11 is 6.14. The highest BCUT2D eigenvalue weighted by Gasteiger charge is 2.24. The number of nitrogens with zero attached hydrogens (tertiary/aromatic N) is 3. The van der Waals surface area contributed by atoms with E-state index in [1.807, 2.05) is 23.1 Å². The van der Waals surface area contributed by atoms with Crippen LogP contribution in [0, 0.1) is 0 Å². The van der Waals surface area contributed by atoms with Crippen LogP contribution in [-0.2, 0) is 4.79 Å². The zero-order valence-corrected chi connectivity index (χ0v) is 19.7. The van der Waals surface area contributed by atoms with Crippen molar-refractivity contribution in [1.82, 2.24) is 19.9 Å². The van der Waals surface area contributed by atoms with Crippen LogP contribution in [0.25, 0.3) is 10.9 Å². The van der Waals surface area contributed by atoms with Crippen molar-refractivity contribution < 1.29 is 14.3 Å². The summed E-state index contributed by atoms with van der Waals surface area (Å²) in [7, 11) is 0. The quantitative estimate of drug-likeness (QED) is 0.375. The topological polar surface area (TPSA) is 100 Å². The van der Waals surface area contributed by atoms with Crippen molar-refractivity contribution in [3.63, 3.8) is 0 Å². The molecule has 4 aromatic rings. The molecule has 0 atom stereocenters. The lowest BCUT2D eigenvalue weighted by Gasteiger charge is -2.32. The van der Waals surface area contributed by atoms with Gasteiger partial charge in [-0.25, -0.2) is 4.98 Å². The summed E-state index contributed by atoms with van der Waals surface area (Å²) in [5.74, 6) is 0.942. The van der Waals surface area contributed by atoms with Crippen molar-refractivity contribution in [1.29, 1.82) is 0 Å². The summed E-state index contributed by atoms with van der Waals surface area (Å²) < 4.78 is 5.97. The van der Waals surface area contributed by atoms with Crippen LogP contribution in [0.3, 0.4) is 0 Å². The van der Waals surface area contributed by atoms with Crippen LogP contribution < -0.4 is 10.1 Å². The van der Waals surface area contributed by atoms with Gasteiger partial charge in [-0.2, -0.15) is 0 Å². The smallest absolute Gasteiger partial charge is 0.241 e. The first-order valence-corrected chi connectivity index (χ1v) is 11.8. The molecule has 0 aliphatic carbocycles. The zero-order chi connectivity index (χ0) is 24.2. The Labute approximate surface area is 207 Å². The van der Waals surface area contributed by atoms with Gasteiger partial charge in [0, 0.05) is 67.2 Å². The molecule has 35 heavy (non-hydrogen) atoms. The number of aromatic amines is 1. The summed E-state index contributed by atoms with van der Waals surface area (Å²) in [6.45, 7) is 1.28. The van der Waals surface area contributed by atoms with Gasteiger partial charge >= 0.3 is 0 Å². The monoisotopic (exact) mass is 489 g/mol. The number of hydrogen-bond acceptors (Lipinski definition) is 6. The molecule has 0 saturated carbocycles. The maximum Gasteiger partial charge on any atom is 0.241 e. The Morgan fingerprint density at radius 2 is 1.91 bits per heavy atom. The van der Waals surface area contributed by atoms with E-state index in [-0.39, 0.29) is 24.3 Å². The number of pyridine rings is 2. The number of H-pyrrole nitrogens is 1. The van der Waals surface area contributed by atoms with Gasteiger partial charge in [0.1, 0.15) is 17.7 Å². The minimum Gasteiger partial charge on any atom is -0.490 e. The van der Waals surface area contributed by atoms with E-state index in [4.69, 9.17) is 16.3 Å². The number of anilines is 1. The molecule has 1 amide bonds. The third-order valence-electron chi connectivity index (χ3n) is 6.10. The highest BCUT2D eigenvalue weighted by atomic mass is 35.5. The highest BCUT2D eigenvalue weighted by Crippen LogP contribution is 2.26. The fraction of sp³-hybridized carbons (Fsp3) is 0.231. The van der Waals surface area contributed by atoms with E-state index in [9.17, 15) is 9.59 Å². The lowest BCUT2D eigenvalue weighted by Crippen LogP contribution is -2.44. The van der Waals surface area contributed by atoms with E-state index >= 15 is 0 Å². The molecule has 1 aromatic carbocycles. The zero-order valence-electron chi connectivity index (χ0n) is 18.9. The van der Waals surface area contributed by atoms with Gasteiger partial charge in [0.05, 0.1) is 17.1 Å². The van der Waals surface area contributed by atoms with Gasteiger partial charge in [-0.15, -0.1) is 0 Å². The molecule has 0 bridgehead atoms. The van der Waals surface area contributed by atoms with Gasteiger partial charge in [-0.1, -0.05) is 23.7 Å². The fourth-order valence-corrected chi connectivity index (χ4v) is 4.44. The van der Waals surface area contributed by atoms with Crippen molar-refractivity contribution in [2.24, 2.45) is 0 Å². The Bertz CT molecular complexity index is 1350. The molecule has 1 fully saturated rings. The lowest BCUT2D eigenvalue weighted by atomic mass is 10.0. The molecule has 0 radical (unpaired) electrons. The number of ether oxygens (including phenoxy) is 1. The summed E-state index contributed by atoms with van der Waals surface area (Å²) in [5, 5.41) is 4.52. The van der Waals surface area contributed by atoms with Gasteiger partial charge < -0.3 is 19.9 Å². The second kappa shape index (κ2) is 10.1. The first-order chi connectivity index (χ1) is 17.1. The Balaban J connectivity index is 1.19. The Morgan fingerprint density at radius 1 is 1.11 bits per heavy atom. The normalized spacial score (nSPS) is 14.1. The molecule has 3 aromatic heterocycles. The molecule has 0 unspecified atom stereocenters. The van der Waals surface area contributed by atoms with Gasteiger partial charge in [0.25, 0.3) is 0 Å². The third kappa shape index (κ3) is 5.12. The number of likely N-dealkylation sites (tertiary alicyclic amines) is 1. The van der Waals surface area contributed by atoms with Crippen LogP contribution >= 0.6 is 11.6 Å². The van der Waals surface area contributed by atoms with E-state index in [1.54, 1.807) is 49.1 Å². The molecular weight excluding hydrogens is 466 g/mol. The molecule has 5 rings (SSSR count). The highest BCUT2D eigenvalue weighted by molar-refractivity contribution is 6.35. The molecule has 0 spiro atoms. The Hall–Kier alpha value is -3.91. The van der Waals surface area contributed by atoms with Gasteiger partial charge in [0.2, 0.25) is 5.91 Å². The molecule has 1 saturated heterocycles. The van der Waals surface area contributed by atoms with Crippen molar-refractivity contribution in [2.45, 2.75) is 18.9 Å². The minimum atomic E-state index is -0.185. The summed E-state index contributed by atoms with van der Waals surface area (Å²) in [4.78, 5) is 39.2. The molecule has 178 valence electrons. The number of amides is 1. The Kier molecular flexibility index (Phi) is 6.63. The van der Waals surface area contributed by atoms with E-state index in [0.29, 0.717) is 35.1 Å². The molecule has 8 nitrogen and oxygen atoms in total. The minimum absolute atomic E-state index is 0.0427. The first kappa shape index (κ1) is 22.9. The predicted octanol–water partition coefficient (Wildman–Crippen LogP) is 4.32. The van der Waals surface area contributed by atoms with Gasteiger partial charge in [-0.05, 0) is 30.3 Å². The lowest BCUT2D eigenvalue weighted by molar-refractivity contribution is -0.131. The standard InChI is InChI=1S/C26H24ClN5O3/c27-22-15-30-23-14-17(3-4-20(22)23)25(34)21-2-1-9-29-26(21)31-16-24(33)32-12-7-19(8-13-32)35-18-5-10-28-11-6-18/h1-6,9-11,14-15,19,30H,7-8,12-13,16H2,(H,29,31). The number of halogens is 1. The number of rotatable bonds is 7. The maximum atomic E-state index is 13.2. The molecule has 2 N–H and O–H groups in total. The SMILES string of the molecule is O=C(c1ccc2c(Cl)c[nH]c2c1)c1cccnc1NCC(=O)N1CCC(Oc2ccncc2)CC1. The number of carbonyl (C=O) groups is 2. The van der Waals surface area contributed by atoms with E-state index in [0.717, 1.165) is 29.5 Å². The summed E-state index contributed by atoms with van der Waals surface area (Å²) in [5.41, 5.74) is 1.70. The van der Waals surface area contributed by atoms with Crippen LogP contribution in [-0.4, -0.2) is 57.3 Å². The molecule has 9 heteroatoms. The van der Waals surface area contributed by atoms with Gasteiger partial charge in [0.15, 0.2) is 5.78 Å². The van der Waals surface area contributed by atoms with Crippen LogP contribution in [0.5, 0.6) is 5.75 Å². The number of aromatic nitrogens is 3. The number of nitrogens with one attached hydrogen (secondary N) is 2. The second-order valence-electron chi connectivity index (χ2n) is 8.36. The van der Waals surface area contributed by atoms with E-state index in [1.165, 1.54) is 0 Å². The van der Waals surface area contributed by atoms with Crippen LogP contribution in [0.15, 0.2) is 67.3 Å². The largest absolute Gasteiger partial charge is 0.490 e. The van der Waals surface area contributed by atoms with Crippen molar-refractivity contribution >= 4 is 40.0 Å². The molecule has 4 heterocycles. The second-order valence-corrected chi connectivity index (χ2v) is 8.77.